The first-order chi connectivity index (χ1) is 11.1. The molecule has 1 fully saturated rings. The highest BCUT2D eigenvalue weighted by Gasteiger charge is 2.36. The molecule has 1 saturated heterocycles. The van der Waals surface area contributed by atoms with Crippen molar-refractivity contribution >= 4 is 11.6 Å². The standard InChI is InChI=1S/C18H20O5/c1-2-5-14(19)16-13(10-15-22-8-9-23-15)17(20)11-6-3-4-7-12(11)18(16)21/h3-4,6-7,14-15,19H,2,5,8-10H2,1H3. The van der Waals surface area contributed by atoms with Crippen LogP contribution in [0.15, 0.2) is 35.4 Å². The fourth-order valence-corrected chi connectivity index (χ4v) is 3.11. The first-order valence-electron chi connectivity index (χ1n) is 7.96. The predicted molar refractivity (Wildman–Crippen MR) is 83.4 cm³/mol. The SMILES string of the molecule is CCCC(O)C1=C(CC2OCCO2)C(=O)c2ccccc2C1=O. The number of hydrogen-bond donors (Lipinski definition) is 1. The number of ketones is 2. The van der Waals surface area contributed by atoms with E-state index in [0.717, 1.165) is 6.42 Å². The van der Waals surface area contributed by atoms with Gasteiger partial charge in [0.25, 0.3) is 0 Å². The molecule has 0 aromatic heterocycles. The van der Waals surface area contributed by atoms with E-state index < -0.39 is 12.4 Å². The maximum absolute atomic E-state index is 12.8. The van der Waals surface area contributed by atoms with Crippen molar-refractivity contribution in [3.8, 4) is 0 Å². The molecule has 0 saturated carbocycles. The minimum absolute atomic E-state index is 0.189. The lowest BCUT2D eigenvalue weighted by molar-refractivity contribution is -0.0400. The topological polar surface area (TPSA) is 72.8 Å². The third kappa shape index (κ3) is 3.00. The van der Waals surface area contributed by atoms with Crippen LogP contribution in [-0.2, 0) is 9.47 Å². The van der Waals surface area contributed by atoms with E-state index in [0.29, 0.717) is 36.3 Å². The van der Waals surface area contributed by atoms with Crippen LogP contribution in [0, 0.1) is 0 Å². The van der Waals surface area contributed by atoms with Crippen molar-refractivity contribution < 1.29 is 24.2 Å². The van der Waals surface area contributed by atoms with Crippen LogP contribution >= 0.6 is 0 Å². The number of ether oxygens (including phenoxy) is 2. The van der Waals surface area contributed by atoms with Gasteiger partial charge < -0.3 is 14.6 Å². The van der Waals surface area contributed by atoms with E-state index in [2.05, 4.69) is 0 Å². The van der Waals surface area contributed by atoms with E-state index in [9.17, 15) is 14.7 Å². The normalized spacial score (nSPS) is 20.1. The molecule has 0 bridgehead atoms. The largest absolute Gasteiger partial charge is 0.388 e. The summed E-state index contributed by atoms with van der Waals surface area (Å²) < 4.78 is 10.8. The first-order valence-corrected chi connectivity index (χ1v) is 7.96. The second kappa shape index (κ2) is 6.74. The summed E-state index contributed by atoms with van der Waals surface area (Å²) in [4.78, 5) is 25.6. The minimum Gasteiger partial charge on any atom is -0.388 e. The van der Waals surface area contributed by atoms with Gasteiger partial charge in [0.2, 0.25) is 0 Å². The molecule has 1 atom stereocenters. The molecule has 1 aromatic rings. The van der Waals surface area contributed by atoms with Crippen molar-refractivity contribution in [1.82, 2.24) is 0 Å². The molecule has 3 rings (SSSR count). The lowest BCUT2D eigenvalue weighted by atomic mass is 9.80. The molecular formula is C18H20O5. The Morgan fingerprint density at radius 2 is 1.74 bits per heavy atom. The van der Waals surface area contributed by atoms with Gasteiger partial charge in [0.1, 0.15) is 0 Å². The molecule has 0 amide bonds. The van der Waals surface area contributed by atoms with Crippen LogP contribution in [0.5, 0.6) is 0 Å². The Labute approximate surface area is 134 Å². The van der Waals surface area contributed by atoms with Crippen molar-refractivity contribution in [2.24, 2.45) is 0 Å². The summed E-state index contributed by atoms with van der Waals surface area (Å²) in [5.74, 6) is -0.487. The molecule has 1 aromatic carbocycles. The van der Waals surface area contributed by atoms with Crippen LogP contribution in [0.4, 0.5) is 0 Å². The number of rotatable bonds is 5. The third-order valence-electron chi connectivity index (χ3n) is 4.22. The zero-order chi connectivity index (χ0) is 16.4. The van der Waals surface area contributed by atoms with Crippen LogP contribution in [0.2, 0.25) is 0 Å². The average molecular weight is 316 g/mol. The van der Waals surface area contributed by atoms with Crippen molar-refractivity contribution in [3.63, 3.8) is 0 Å². The number of carbonyl (C=O) groups excluding carboxylic acids is 2. The van der Waals surface area contributed by atoms with Gasteiger partial charge in [-0.2, -0.15) is 0 Å². The summed E-state index contributed by atoms with van der Waals surface area (Å²) >= 11 is 0. The van der Waals surface area contributed by atoms with E-state index in [-0.39, 0.29) is 23.6 Å². The molecule has 1 aliphatic carbocycles. The molecule has 2 aliphatic rings. The maximum atomic E-state index is 12.8. The summed E-state index contributed by atoms with van der Waals surface area (Å²) in [5, 5.41) is 10.4. The van der Waals surface area contributed by atoms with Gasteiger partial charge in [0, 0.05) is 28.7 Å². The molecule has 1 aliphatic heterocycles. The monoisotopic (exact) mass is 316 g/mol. The molecule has 23 heavy (non-hydrogen) atoms. The summed E-state index contributed by atoms with van der Waals surface area (Å²) in [6.07, 6.45) is -0.129. The molecule has 1 heterocycles. The van der Waals surface area contributed by atoms with Gasteiger partial charge in [-0.3, -0.25) is 9.59 Å². The molecule has 1 N–H and O–H groups in total. The summed E-state index contributed by atoms with van der Waals surface area (Å²) in [6, 6.07) is 6.74. The van der Waals surface area contributed by atoms with Crippen LogP contribution in [0.1, 0.15) is 46.9 Å². The van der Waals surface area contributed by atoms with Gasteiger partial charge in [-0.15, -0.1) is 0 Å². The summed E-state index contributed by atoms with van der Waals surface area (Å²) in [5.41, 5.74) is 1.27. The Hall–Kier alpha value is -1.82. The van der Waals surface area contributed by atoms with Gasteiger partial charge in [0.15, 0.2) is 17.9 Å². The Morgan fingerprint density at radius 1 is 1.13 bits per heavy atom. The molecule has 0 spiro atoms. The van der Waals surface area contributed by atoms with E-state index in [1.54, 1.807) is 24.3 Å². The van der Waals surface area contributed by atoms with Crippen molar-refractivity contribution in [2.75, 3.05) is 13.2 Å². The van der Waals surface area contributed by atoms with Gasteiger partial charge in [-0.05, 0) is 6.42 Å². The zero-order valence-electron chi connectivity index (χ0n) is 13.1. The molecule has 1 unspecified atom stereocenters. The second-order valence-electron chi connectivity index (χ2n) is 5.78. The number of fused-ring (bicyclic) bond motifs is 1. The number of benzene rings is 1. The highest BCUT2D eigenvalue weighted by molar-refractivity contribution is 6.27. The Bertz CT molecular complexity index is 655. The fourth-order valence-electron chi connectivity index (χ4n) is 3.11. The van der Waals surface area contributed by atoms with Crippen LogP contribution < -0.4 is 0 Å². The number of aliphatic hydroxyl groups is 1. The third-order valence-corrected chi connectivity index (χ3v) is 4.22. The number of Topliss-reactive ketones (excluding diaryl/α,β-unsaturated/α-hetero) is 2. The summed E-state index contributed by atoms with van der Waals surface area (Å²) in [7, 11) is 0. The average Bonchev–Trinajstić information content (AvgIpc) is 3.06. The number of hydrogen-bond acceptors (Lipinski definition) is 5. The van der Waals surface area contributed by atoms with Gasteiger partial charge in [0.05, 0.1) is 19.3 Å². The van der Waals surface area contributed by atoms with Gasteiger partial charge >= 0.3 is 0 Å². The van der Waals surface area contributed by atoms with E-state index in [1.807, 2.05) is 6.92 Å². The smallest absolute Gasteiger partial charge is 0.192 e. The van der Waals surface area contributed by atoms with Gasteiger partial charge in [-0.25, -0.2) is 0 Å². The number of aliphatic hydroxyl groups excluding tert-OH is 1. The maximum Gasteiger partial charge on any atom is 0.192 e. The van der Waals surface area contributed by atoms with Crippen LogP contribution in [0.25, 0.3) is 0 Å². The fraction of sp³-hybridized carbons (Fsp3) is 0.444. The summed E-state index contributed by atoms with van der Waals surface area (Å²) in [6.45, 7) is 2.88. The Balaban J connectivity index is 2.04. The molecule has 122 valence electrons. The first kappa shape index (κ1) is 16.1. The second-order valence-corrected chi connectivity index (χ2v) is 5.78. The van der Waals surface area contributed by atoms with Crippen molar-refractivity contribution in [3.05, 3.63) is 46.5 Å². The molecule has 5 heteroatoms. The highest BCUT2D eigenvalue weighted by atomic mass is 16.7. The predicted octanol–water partition coefficient (Wildman–Crippen LogP) is 2.29. The van der Waals surface area contributed by atoms with Crippen molar-refractivity contribution in [1.29, 1.82) is 0 Å². The van der Waals surface area contributed by atoms with E-state index >= 15 is 0 Å². The lowest BCUT2D eigenvalue weighted by Gasteiger charge is -2.25. The Kier molecular flexibility index (Phi) is 4.71. The minimum atomic E-state index is -0.943. The quantitative estimate of drug-likeness (QED) is 0.902. The lowest BCUT2D eigenvalue weighted by Crippen LogP contribution is -2.30. The zero-order valence-corrected chi connectivity index (χ0v) is 13.1. The van der Waals surface area contributed by atoms with Crippen molar-refractivity contribution in [2.45, 2.75) is 38.6 Å². The van der Waals surface area contributed by atoms with E-state index in [4.69, 9.17) is 9.47 Å². The molecule has 0 radical (unpaired) electrons. The van der Waals surface area contributed by atoms with E-state index in [1.165, 1.54) is 0 Å². The highest BCUT2D eigenvalue weighted by Crippen LogP contribution is 2.32. The van der Waals surface area contributed by atoms with Gasteiger partial charge in [-0.1, -0.05) is 37.6 Å². The van der Waals surface area contributed by atoms with Crippen LogP contribution in [-0.4, -0.2) is 42.3 Å². The number of carbonyl (C=O) groups is 2. The molecule has 5 nitrogen and oxygen atoms in total. The molecular weight excluding hydrogens is 296 g/mol. The Morgan fingerprint density at radius 3 is 2.35 bits per heavy atom. The van der Waals surface area contributed by atoms with Crippen LogP contribution in [0.3, 0.4) is 0 Å².